The highest BCUT2D eigenvalue weighted by Gasteiger charge is 2.33. The maximum Gasteiger partial charge on any atom is 0.339 e. The molecule has 1 amide bonds. The van der Waals surface area contributed by atoms with Crippen molar-refractivity contribution in [2.24, 2.45) is 4.99 Å². The molecular formula is C30H22Cl2N2O4S2. The number of nitrogens with zero attached hydrogens (tertiary/aromatic N) is 2. The first-order valence-corrected chi connectivity index (χ1v) is 15.1. The van der Waals surface area contributed by atoms with Gasteiger partial charge in [0.1, 0.15) is 10.6 Å². The van der Waals surface area contributed by atoms with Gasteiger partial charge in [0.05, 0.1) is 18.0 Å². The third-order valence-electron chi connectivity index (χ3n) is 5.87. The summed E-state index contributed by atoms with van der Waals surface area (Å²) >= 11 is 13.4. The van der Waals surface area contributed by atoms with E-state index in [1.807, 2.05) is 60.7 Å². The topological polar surface area (TPSA) is 76.0 Å². The van der Waals surface area contributed by atoms with E-state index in [2.05, 4.69) is 0 Å². The van der Waals surface area contributed by atoms with E-state index in [9.17, 15) is 13.2 Å². The molecule has 1 fully saturated rings. The lowest BCUT2D eigenvalue weighted by atomic mass is 10.1. The Morgan fingerprint density at radius 2 is 1.45 bits per heavy atom. The number of carbonyl (C=O) groups is 1. The van der Waals surface area contributed by atoms with Crippen molar-refractivity contribution in [2.75, 3.05) is 0 Å². The molecule has 0 aromatic heterocycles. The molecule has 1 aliphatic heterocycles. The molecule has 0 N–H and O–H groups in total. The highest BCUT2D eigenvalue weighted by molar-refractivity contribution is 8.18. The number of rotatable bonds is 8. The zero-order valence-corrected chi connectivity index (χ0v) is 24.1. The van der Waals surface area contributed by atoms with Gasteiger partial charge in [-0.2, -0.15) is 8.42 Å². The number of amidine groups is 1. The Morgan fingerprint density at radius 1 is 0.825 bits per heavy atom. The molecule has 10 heteroatoms. The van der Waals surface area contributed by atoms with Gasteiger partial charge >= 0.3 is 10.1 Å². The summed E-state index contributed by atoms with van der Waals surface area (Å²) < 4.78 is 31.4. The molecule has 1 saturated heterocycles. The van der Waals surface area contributed by atoms with Crippen LogP contribution >= 0.6 is 35.0 Å². The van der Waals surface area contributed by atoms with Crippen molar-refractivity contribution in [3.05, 3.63) is 135 Å². The molecule has 4 aromatic carbocycles. The van der Waals surface area contributed by atoms with E-state index in [1.165, 1.54) is 48.2 Å². The van der Waals surface area contributed by atoms with Crippen LogP contribution in [0.1, 0.15) is 16.7 Å². The van der Waals surface area contributed by atoms with Gasteiger partial charge in [0.15, 0.2) is 5.17 Å². The molecule has 0 aliphatic carbocycles. The number of carbonyl (C=O) groups excluding carboxylic acids is 1. The van der Waals surface area contributed by atoms with Crippen LogP contribution < -0.4 is 4.18 Å². The van der Waals surface area contributed by atoms with Gasteiger partial charge in [-0.1, -0.05) is 83.9 Å². The Morgan fingerprint density at radius 3 is 2.12 bits per heavy atom. The summed E-state index contributed by atoms with van der Waals surface area (Å²) in [5, 5.41) is 1.30. The SMILES string of the molecule is O=C1/C(=C\c2cc(Cl)ccc2OS(=O)(=O)c2ccc(Cl)cc2)SC(=NCc2ccccc2)N1Cc1ccccc1. The first-order chi connectivity index (χ1) is 19.3. The Hall–Kier alpha value is -3.56. The largest absolute Gasteiger partial charge is 0.378 e. The average Bonchev–Trinajstić information content (AvgIpc) is 3.24. The predicted octanol–water partition coefficient (Wildman–Crippen LogP) is 7.43. The maximum atomic E-state index is 13.6. The van der Waals surface area contributed by atoms with Crippen molar-refractivity contribution in [1.29, 1.82) is 0 Å². The lowest BCUT2D eigenvalue weighted by molar-refractivity contribution is -0.122. The third-order valence-corrected chi connectivity index (χ3v) is 8.65. The van der Waals surface area contributed by atoms with E-state index in [0.29, 0.717) is 38.8 Å². The van der Waals surface area contributed by atoms with Gasteiger partial charge in [-0.15, -0.1) is 0 Å². The van der Waals surface area contributed by atoms with Crippen molar-refractivity contribution in [3.63, 3.8) is 0 Å². The molecule has 0 spiro atoms. The van der Waals surface area contributed by atoms with Crippen LogP contribution in [0.25, 0.3) is 6.08 Å². The molecule has 0 radical (unpaired) electrons. The van der Waals surface area contributed by atoms with Crippen LogP contribution in [0.3, 0.4) is 0 Å². The van der Waals surface area contributed by atoms with E-state index in [0.717, 1.165) is 11.1 Å². The minimum absolute atomic E-state index is 0.0320. The Kier molecular flexibility index (Phi) is 8.61. The lowest BCUT2D eigenvalue weighted by Crippen LogP contribution is -2.28. The number of benzene rings is 4. The fourth-order valence-electron chi connectivity index (χ4n) is 3.89. The third kappa shape index (κ3) is 6.77. The second-order valence-corrected chi connectivity index (χ2v) is 12.2. The standard InChI is InChI=1S/C30H22Cl2N2O4S2/c31-24-11-14-26(15-12-24)40(36,37)38-27-16-13-25(32)17-23(27)18-28-29(35)34(20-22-9-5-2-6-10-22)30(39-28)33-19-21-7-3-1-4-8-21/h1-18H,19-20H2/b28-18+,33-30?. The van der Waals surface area contributed by atoms with Crippen LogP contribution in [0.4, 0.5) is 0 Å². The van der Waals surface area contributed by atoms with E-state index >= 15 is 0 Å². The van der Waals surface area contributed by atoms with Gasteiger partial charge < -0.3 is 4.18 Å². The summed E-state index contributed by atoms with van der Waals surface area (Å²) in [4.78, 5) is 20.3. The Labute approximate surface area is 247 Å². The molecule has 1 aliphatic rings. The number of hydrogen-bond acceptors (Lipinski definition) is 6. The van der Waals surface area contributed by atoms with Crippen LogP contribution in [-0.2, 0) is 28.0 Å². The minimum atomic E-state index is -4.17. The molecular weight excluding hydrogens is 587 g/mol. The molecule has 40 heavy (non-hydrogen) atoms. The fourth-order valence-corrected chi connectivity index (χ4v) is 6.12. The summed E-state index contributed by atoms with van der Waals surface area (Å²) in [6.45, 7) is 0.737. The number of halogens is 2. The molecule has 202 valence electrons. The van der Waals surface area contributed by atoms with Crippen molar-refractivity contribution in [3.8, 4) is 5.75 Å². The number of hydrogen-bond donors (Lipinski definition) is 0. The van der Waals surface area contributed by atoms with Gasteiger partial charge in [-0.05, 0) is 71.4 Å². The van der Waals surface area contributed by atoms with Gasteiger partial charge in [-0.25, -0.2) is 0 Å². The fraction of sp³-hybridized carbons (Fsp3) is 0.0667. The highest BCUT2D eigenvalue weighted by atomic mass is 35.5. The van der Waals surface area contributed by atoms with Crippen molar-refractivity contribution >= 4 is 62.2 Å². The number of thioether (sulfide) groups is 1. The molecule has 4 aromatic rings. The quantitative estimate of drug-likeness (QED) is 0.153. The zero-order chi connectivity index (χ0) is 28.1. The number of aliphatic imine (C=N–C) groups is 1. The van der Waals surface area contributed by atoms with E-state index in [-0.39, 0.29) is 16.6 Å². The molecule has 6 nitrogen and oxygen atoms in total. The van der Waals surface area contributed by atoms with Crippen LogP contribution in [0.2, 0.25) is 10.0 Å². The monoisotopic (exact) mass is 608 g/mol. The maximum absolute atomic E-state index is 13.6. The Balaban J connectivity index is 1.48. The summed E-state index contributed by atoms with van der Waals surface area (Å²) in [5.41, 5.74) is 2.30. The molecule has 0 saturated carbocycles. The molecule has 0 bridgehead atoms. The van der Waals surface area contributed by atoms with Crippen LogP contribution in [0, 0.1) is 0 Å². The first kappa shape index (κ1) is 28.0. The number of amides is 1. The normalized spacial score (nSPS) is 15.7. The predicted molar refractivity (Wildman–Crippen MR) is 161 cm³/mol. The molecule has 0 atom stereocenters. The molecule has 0 unspecified atom stereocenters. The van der Waals surface area contributed by atoms with Crippen LogP contribution in [0.15, 0.2) is 118 Å². The van der Waals surface area contributed by atoms with Gasteiger partial charge in [0.2, 0.25) is 0 Å². The summed E-state index contributed by atoms with van der Waals surface area (Å²) in [7, 11) is -4.17. The highest BCUT2D eigenvalue weighted by Crippen LogP contribution is 2.37. The molecule has 1 heterocycles. The lowest BCUT2D eigenvalue weighted by Gasteiger charge is -2.15. The van der Waals surface area contributed by atoms with E-state index in [1.54, 1.807) is 17.0 Å². The van der Waals surface area contributed by atoms with E-state index < -0.39 is 10.1 Å². The van der Waals surface area contributed by atoms with E-state index in [4.69, 9.17) is 32.4 Å². The minimum Gasteiger partial charge on any atom is -0.378 e. The van der Waals surface area contributed by atoms with Gasteiger partial charge in [-0.3, -0.25) is 14.7 Å². The summed E-state index contributed by atoms with van der Waals surface area (Å²) in [6.07, 6.45) is 1.58. The van der Waals surface area contributed by atoms with Crippen molar-refractivity contribution in [2.45, 2.75) is 18.0 Å². The van der Waals surface area contributed by atoms with Crippen molar-refractivity contribution < 1.29 is 17.4 Å². The van der Waals surface area contributed by atoms with Gasteiger partial charge in [0.25, 0.3) is 5.91 Å². The smallest absolute Gasteiger partial charge is 0.339 e. The van der Waals surface area contributed by atoms with Crippen LogP contribution in [-0.4, -0.2) is 24.4 Å². The Bertz CT molecular complexity index is 1690. The van der Waals surface area contributed by atoms with Crippen molar-refractivity contribution in [1.82, 2.24) is 4.90 Å². The average molecular weight is 610 g/mol. The van der Waals surface area contributed by atoms with Gasteiger partial charge in [0, 0.05) is 15.6 Å². The zero-order valence-electron chi connectivity index (χ0n) is 20.9. The second kappa shape index (κ2) is 12.3. The summed E-state index contributed by atoms with van der Waals surface area (Å²) in [5.74, 6) is -0.225. The van der Waals surface area contributed by atoms with Crippen LogP contribution in [0.5, 0.6) is 5.75 Å². The first-order valence-electron chi connectivity index (χ1n) is 12.1. The second-order valence-electron chi connectivity index (χ2n) is 8.75. The summed E-state index contributed by atoms with van der Waals surface area (Å²) in [6, 6.07) is 29.6. The molecule has 5 rings (SSSR count).